The summed E-state index contributed by atoms with van der Waals surface area (Å²) >= 11 is 0. The molecule has 0 spiro atoms. The van der Waals surface area contributed by atoms with Crippen molar-refractivity contribution in [3.8, 4) is 16.9 Å². The summed E-state index contributed by atoms with van der Waals surface area (Å²) in [7, 11) is 0. The third-order valence-electron chi connectivity index (χ3n) is 4.30. The van der Waals surface area contributed by atoms with Gasteiger partial charge in [0.2, 0.25) is 0 Å². The van der Waals surface area contributed by atoms with Crippen LogP contribution in [0.1, 0.15) is 24.5 Å². The van der Waals surface area contributed by atoms with Crippen LogP contribution in [0, 0.1) is 0 Å². The van der Waals surface area contributed by atoms with Crippen LogP contribution >= 0.6 is 0 Å². The lowest BCUT2D eigenvalue weighted by atomic mass is 9.98. The van der Waals surface area contributed by atoms with E-state index in [1.54, 1.807) is 6.92 Å². The minimum Gasteiger partial charge on any atom is -0.493 e. The topological polar surface area (TPSA) is 70.6 Å². The largest absolute Gasteiger partial charge is 0.493 e. The van der Waals surface area contributed by atoms with Gasteiger partial charge in [-0.1, -0.05) is 30.3 Å². The Labute approximate surface area is 148 Å². The van der Waals surface area contributed by atoms with Gasteiger partial charge in [0, 0.05) is 6.54 Å². The van der Waals surface area contributed by atoms with E-state index in [9.17, 15) is 4.79 Å². The number of urea groups is 1. The van der Waals surface area contributed by atoms with Crippen LogP contribution in [-0.4, -0.2) is 30.4 Å². The molecule has 1 heterocycles. The summed E-state index contributed by atoms with van der Waals surface area (Å²) in [4.78, 5) is 11.7. The SMILES string of the molecule is CC(CO)NC(=O)NCc1ccc(-c2ccc3c(c2)CCCO3)cc1. The Morgan fingerprint density at radius 1 is 1.20 bits per heavy atom. The van der Waals surface area contributed by atoms with E-state index in [2.05, 4.69) is 34.9 Å². The van der Waals surface area contributed by atoms with Gasteiger partial charge in [-0.3, -0.25) is 0 Å². The lowest BCUT2D eigenvalue weighted by Gasteiger charge is -2.18. The molecule has 5 nitrogen and oxygen atoms in total. The van der Waals surface area contributed by atoms with Crippen molar-refractivity contribution in [1.29, 1.82) is 0 Å². The number of hydrogen-bond acceptors (Lipinski definition) is 3. The zero-order valence-electron chi connectivity index (χ0n) is 14.4. The molecule has 3 rings (SSSR count). The van der Waals surface area contributed by atoms with Crippen molar-refractivity contribution in [3.63, 3.8) is 0 Å². The highest BCUT2D eigenvalue weighted by Gasteiger charge is 2.11. The van der Waals surface area contributed by atoms with E-state index >= 15 is 0 Å². The summed E-state index contributed by atoms with van der Waals surface area (Å²) in [5, 5.41) is 14.4. The molecule has 0 fully saturated rings. The van der Waals surface area contributed by atoms with E-state index in [1.807, 2.05) is 18.2 Å². The highest BCUT2D eigenvalue weighted by atomic mass is 16.5. The molecule has 0 radical (unpaired) electrons. The summed E-state index contributed by atoms with van der Waals surface area (Å²) in [6.45, 7) is 2.92. The Balaban J connectivity index is 1.61. The molecular formula is C20H24N2O3. The maximum Gasteiger partial charge on any atom is 0.315 e. The lowest BCUT2D eigenvalue weighted by molar-refractivity contribution is 0.220. The number of hydrogen-bond donors (Lipinski definition) is 3. The third-order valence-corrected chi connectivity index (χ3v) is 4.30. The van der Waals surface area contributed by atoms with Gasteiger partial charge < -0.3 is 20.5 Å². The molecule has 0 saturated heterocycles. The fourth-order valence-electron chi connectivity index (χ4n) is 2.86. The highest BCUT2D eigenvalue weighted by molar-refractivity contribution is 5.74. The molecule has 2 amide bonds. The molecule has 5 heteroatoms. The predicted octanol–water partition coefficient (Wildman–Crippen LogP) is 2.86. The van der Waals surface area contributed by atoms with E-state index in [0.29, 0.717) is 6.54 Å². The molecule has 3 N–H and O–H groups in total. The number of aliphatic hydroxyl groups excluding tert-OH is 1. The molecule has 2 aromatic carbocycles. The first-order valence-corrected chi connectivity index (χ1v) is 8.66. The van der Waals surface area contributed by atoms with E-state index < -0.39 is 0 Å². The maximum atomic E-state index is 11.7. The van der Waals surface area contributed by atoms with Gasteiger partial charge in [0.1, 0.15) is 5.75 Å². The molecule has 0 aliphatic carbocycles. The molecule has 0 bridgehead atoms. The van der Waals surface area contributed by atoms with E-state index in [-0.39, 0.29) is 18.7 Å². The highest BCUT2D eigenvalue weighted by Crippen LogP contribution is 2.30. The number of fused-ring (bicyclic) bond motifs is 1. The lowest BCUT2D eigenvalue weighted by Crippen LogP contribution is -2.41. The summed E-state index contributed by atoms with van der Waals surface area (Å²) in [6, 6.07) is 14.0. The van der Waals surface area contributed by atoms with Crippen molar-refractivity contribution in [1.82, 2.24) is 10.6 Å². The average molecular weight is 340 g/mol. The van der Waals surface area contributed by atoms with Crippen LogP contribution in [0.5, 0.6) is 5.75 Å². The van der Waals surface area contributed by atoms with Crippen LogP contribution in [0.4, 0.5) is 4.79 Å². The van der Waals surface area contributed by atoms with Gasteiger partial charge in [-0.2, -0.15) is 0 Å². The standard InChI is InChI=1S/C20H24N2O3/c1-14(13-23)22-20(24)21-12-15-4-6-16(7-5-15)17-8-9-19-18(11-17)3-2-10-25-19/h4-9,11,14,23H,2-3,10,12-13H2,1H3,(H2,21,22,24). The first-order chi connectivity index (χ1) is 12.2. The van der Waals surface area contributed by atoms with Crippen molar-refractivity contribution in [2.75, 3.05) is 13.2 Å². The van der Waals surface area contributed by atoms with Gasteiger partial charge in [0.15, 0.2) is 0 Å². The Bertz CT molecular complexity index is 728. The number of benzene rings is 2. The number of rotatable bonds is 5. The number of carbonyl (C=O) groups is 1. The Morgan fingerprint density at radius 3 is 2.72 bits per heavy atom. The molecule has 0 aromatic heterocycles. The fourth-order valence-corrected chi connectivity index (χ4v) is 2.86. The molecule has 2 aromatic rings. The molecule has 1 atom stereocenters. The molecule has 1 aliphatic heterocycles. The van der Waals surface area contributed by atoms with E-state index in [1.165, 1.54) is 11.1 Å². The van der Waals surface area contributed by atoms with Gasteiger partial charge in [-0.15, -0.1) is 0 Å². The van der Waals surface area contributed by atoms with Crippen molar-refractivity contribution < 1.29 is 14.6 Å². The monoisotopic (exact) mass is 340 g/mol. The predicted molar refractivity (Wildman–Crippen MR) is 97.6 cm³/mol. The number of aliphatic hydroxyl groups is 1. The Hall–Kier alpha value is -2.53. The van der Waals surface area contributed by atoms with Crippen LogP contribution < -0.4 is 15.4 Å². The van der Waals surface area contributed by atoms with Gasteiger partial charge in [0.25, 0.3) is 0 Å². The summed E-state index contributed by atoms with van der Waals surface area (Å²) in [5.41, 5.74) is 4.62. The van der Waals surface area contributed by atoms with E-state index in [4.69, 9.17) is 9.84 Å². The minimum atomic E-state index is -0.277. The molecule has 1 unspecified atom stereocenters. The summed E-state index contributed by atoms with van der Waals surface area (Å²) < 4.78 is 5.66. The number of nitrogens with one attached hydrogen (secondary N) is 2. The fraction of sp³-hybridized carbons (Fsp3) is 0.350. The second kappa shape index (κ2) is 8.03. The first kappa shape index (κ1) is 17.3. The van der Waals surface area contributed by atoms with Crippen LogP contribution in [0.2, 0.25) is 0 Å². The van der Waals surface area contributed by atoms with Gasteiger partial charge in [-0.25, -0.2) is 4.79 Å². The van der Waals surface area contributed by atoms with E-state index in [0.717, 1.165) is 36.3 Å². The molecular weight excluding hydrogens is 316 g/mol. The second-order valence-corrected chi connectivity index (χ2v) is 6.38. The number of ether oxygens (including phenoxy) is 1. The van der Waals surface area contributed by atoms with Crippen molar-refractivity contribution in [3.05, 3.63) is 53.6 Å². The summed E-state index contributed by atoms with van der Waals surface area (Å²) in [5.74, 6) is 0.999. The molecule has 25 heavy (non-hydrogen) atoms. The van der Waals surface area contributed by atoms with Crippen molar-refractivity contribution >= 4 is 6.03 Å². The Kier molecular flexibility index (Phi) is 5.56. The number of carbonyl (C=O) groups excluding carboxylic acids is 1. The molecule has 1 aliphatic rings. The van der Waals surface area contributed by atoms with Crippen LogP contribution in [0.25, 0.3) is 11.1 Å². The van der Waals surface area contributed by atoms with Crippen molar-refractivity contribution in [2.24, 2.45) is 0 Å². The maximum absolute atomic E-state index is 11.7. The molecule has 0 saturated carbocycles. The first-order valence-electron chi connectivity index (χ1n) is 8.66. The smallest absolute Gasteiger partial charge is 0.315 e. The minimum absolute atomic E-state index is 0.0755. The zero-order valence-corrected chi connectivity index (χ0v) is 14.4. The quantitative estimate of drug-likeness (QED) is 0.784. The third kappa shape index (κ3) is 4.51. The van der Waals surface area contributed by atoms with Crippen LogP contribution in [-0.2, 0) is 13.0 Å². The van der Waals surface area contributed by atoms with Crippen LogP contribution in [0.3, 0.4) is 0 Å². The van der Waals surface area contributed by atoms with Crippen molar-refractivity contribution in [2.45, 2.75) is 32.4 Å². The van der Waals surface area contributed by atoms with Gasteiger partial charge in [0.05, 0.1) is 19.3 Å². The molecule has 132 valence electrons. The van der Waals surface area contributed by atoms with Gasteiger partial charge >= 0.3 is 6.03 Å². The number of amides is 2. The van der Waals surface area contributed by atoms with Gasteiger partial charge in [-0.05, 0) is 54.2 Å². The number of aryl methyl sites for hydroxylation is 1. The zero-order chi connectivity index (χ0) is 17.6. The second-order valence-electron chi connectivity index (χ2n) is 6.38. The normalized spacial score (nSPS) is 14.2. The Morgan fingerprint density at radius 2 is 1.96 bits per heavy atom. The van der Waals surface area contributed by atoms with Crippen LogP contribution in [0.15, 0.2) is 42.5 Å². The summed E-state index contributed by atoms with van der Waals surface area (Å²) in [6.07, 6.45) is 2.13. The average Bonchev–Trinajstić information content (AvgIpc) is 2.66.